The SMILES string of the molecule is OS1(O)CCNCC1.[HH]. The standard InChI is InChI=1S/C4H11NO2S.H2/c6-8(7)3-1-5-2-4-8;/h5-7H,1-4H2;1H. The van der Waals surface area contributed by atoms with Crippen molar-refractivity contribution in [2.45, 2.75) is 0 Å². The molecule has 1 heterocycles. The van der Waals surface area contributed by atoms with Crippen molar-refractivity contribution in [1.29, 1.82) is 0 Å². The fourth-order valence-electron chi connectivity index (χ4n) is 0.698. The van der Waals surface area contributed by atoms with Gasteiger partial charge in [0.05, 0.1) is 0 Å². The third-order valence-electron chi connectivity index (χ3n) is 1.21. The first-order valence-electron chi connectivity index (χ1n) is 2.65. The van der Waals surface area contributed by atoms with Crippen LogP contribution in [0.5, 0.6) is 0 Å². The van der Waals surface area contributed by atoms with Crippen molar-refractivity contribution < 1.29 is 10.5 Å². The van der Waals surface area contributed by atoms with Crippen LogP contribution in [0.2, 0.25) is 0 Å². The maximum Gasteiger partial charge on any atom is 0.0499 e. The molecule has 0 aromatic carbocycles. The Bertz CT molecular complexity index is 82.6. The van der Waals surface area contributed by atoms with Crippen LogP contribution < -0.4 is 5.32 Å². The summed E-state index contributed by atoms with van der Waals surface area (Å²) in [6.07, 6.45) is 0. The average Bonchev–Trinajstić information content (AvgIpc) is 1.65. The van der Waals surface area contributed by atoms with Gasteiger partial charge in [-0.05, 0) is 0 Å². The lowest BCUT2D eigenvalue weighted by atomic mass is 10.6. The summed E-state index contributed by atoms with van der Waals surface area (Å²) in [5.41, 5.74) is 0. The number of hydrogen-bond acceptors (Lipinski definition) is 3. The molecule has 0 aromatic heterocycles. The normalized spacial score (nSPS) is 31.8. The van der Waals surface area contributed by atoms with Crippen molar-refractivity contribution in [2.75, 3.05) is 24.6 Å². The van der Waals surface area contributed by atoms with Crippen LogP contribution in [-0.4, -0.2) is 33.7 Å². The molecule has 1 saturated heterocycles. The van der Waals surface area contributed by atoms with E-state index in [-0.39, 0.29) is 1.43 Å². The van der Waals surface area contributed by atoms with Crippen molar-refractivity contribution in [1.82, 2.24) is 5.32 Å². The van der Waals surface area contributed by atoms with Gasteiger partial charge in [-0.25, -0.2) is 0 Å². The smallest absolute Gasteiger partial charge is 0.0499 e. The maximum atomic E-state index is 8.97. The van der Waals surface area contributed by atoms with E-state index in [0.717, 1.165) is 13.1 Å². The van der Waals surface area contributed by atoms with E-state index < -0.39 is 10.6 Å². The first-order valence-corrected chi connectivity index (χ1v) is 4.53. The average molecular weight is 139 g/mol. The van der Waals surface area contributed by atoms with Gasteiger partial charge in [-0.3, -0.25) is 9.11 Å². The van der Waals surface area contributed by atoms with Crippen molar-refractivity contribution in [2.24, 2.45) is 0 Å². The zero-order valence-electron chi connectivity index (χ0n) is 4.63. The van der Waals surface area contributed by atoms with E-state index in [2.05, 4.69) is 5.32 Å². The molecule has 0 spiro atoms. The van der Waals surface area contributed by atoms with Crippen molar-refractivity contribution in [3.63, 3.8) is 0 Å². The topological polar surface area (TPSA) is 52.5 Å². The molecule has 0 unspecified atom stereocenters. The molecule has 1 aliphatic heterocycles. The van der Waals surface area contributed by atoms with Gasteiger partial charge in [0, 0.05) is 26.0 Å². The quantitative estimate of drug-likeness (QED) is 0.460. The second-order valence-electron chi connectivity index (χ2n) is 1.96. The Morgan fingerprint density at radius 1 is 1.25 bits per heavy atom. The summed E-state index contributed by atoms with van der Waals surface area (Å²) in [6.45, 7) is 1.50. The molecule has 3 nitrogen and oxygen atoms in total. The van der Waals surface area contributed by atoms with Crippen LogP contribution in [0, 0.1) is 0 Å². The second-order valence-corrected chi connectivity index (χ2v) is 4.38. The lowest BCUT2D eigenvalue weighted by Gasteiger charge is -2.35. The Hall–Kier alpha value is 0.230. The minimum Gasteiger partial charge on any atom is -0.314 e. The van der Waals surface area contributed by atoms with Crippen LogP contribution in [0.15, 0.2) is 0 Å². The number of rotatable bonds is 0. The summed E-state index contributed by atoms with van der Waals surface area (Å²) < 4.78 is 17.9. The van der Waals surface area contributed by atoms with Gasteiger partial charge in [0.1, 0.15) is 0 Å². The van der Waals surface area contributed by atoms with Crippen LogP contribution in [-0.2, 0) is 0 Å². The summed E-state index contributed by atoms with van der Waals surface area (Å²) >= 11 is 0. The molecule has 4 heteroatoms. The van der Waals surface area contributed by atoms with Crippen LogP contribution in [0.4, 0.5) is 0 Å². The van der Waals surface area contributed by atoms with E-state index in [0.29, 0.717) is 11.5 Å². The third kappa shape index (κ3) is 1.63. The van der Waals surface area contributed by atoms with E-state index in [4.69, 9.17) is 9.11 Å². The maximum absolute atomic E-state index is 8.97. The molecule has 3 N–H and O–H groups in total. The summed E-state index contributed by atoms with van der Waals surface area (Å²) in [6, 6.07) is 0. The van der Waals surface area contributed by atoms with E-state index in [9.17, 15) is 0 Å². The molecule has 0 amide bonds. The van der Waals surface area contributed by atoms with E-state index in [1.165, 1.54) is 0 Å². The number of hydrogen-bond donors (Lipinski definition) is 3. The minimum atomic E-state index is -2.15. The Kier molecular flexibility index (Phi) is 1.77. The monoisotopic (exact) mass is 139 g/mol. The largest absolute Gasteiger partial charge is 0.314 e. The van der Waals surface area contributed by atoms with E-state index in [1.807, 2.05) is 0 Å². The Morgan fingerprint density at radius 3 is 2.00 bits per heavy atom. The van der Waals surface area contributed by atoms with E-state index in [1.54, 1.807) is 0 Å². The Balaban J connectivity index is 0.000000640. The Morgan fingerprint density at radius 2 is 1.75 bits per heavy atom. The predicted octanol–water partition coefficient (Wildman–Crippen LogP) is 0.586. The van der Waals surface area contributed by atoms with Crippen LogP contribution >= 0.6 is 10.6 Å². The van der Waals surface area contributed by atoms with Gasteiger partial charge in [-0.2, -0.15) is 10.6 Å². The van der Waals surface area contributed by atoms with Crippen LogP contribution in [0.25, 0.3) is 0 Å². The molecule has 0 radical (unpaired) electrons. The highest BCUT2D eigenvalue weighted by Crippen LogP contribution is 2.38. The predicted molar refractivity (Wildman–Crippen MR) is 37.6 cm³/mol. The lowest BCUT2D eigenvalue weighted by molar-refractivity contribution is 0.473. The Labute approximate surface area is 51.9 Å². The molecule has 0 saturated carbocycles. The molecule has 1 fully saturated rings. The summed E-state index contributed by atoms with van der Waals surface area (Å²) in [5, 5.41) is 3.04. The van der Waals surface area contributed by atoms with Gasteiger partial charge in [0.2, 0.25) is 0 Å². The molecule has 1 rings (SSSR count). The summed E-state index contributed by atoms with van der Waals surface area (Å²) in [5.74, 6) is 1.07. The van der Waals surface area contributed by atoms with Crippen molar-refractivity contribution >= 4 is 10.6 Å². The summed E-state index contributed by atoms with van der Waals surface area (Å²) in [7, 11) is -2.15. The molecular weight excluding hydrogens is 126 g/mol. The molecule has 0 aliphatic carbocycles. The van der Waals surface area contributed by atoms with Gasteiger partial charge in [-0.15, -0.1) is 0 Å². The van der Waals surface area contributed by atoms with E-state index >= 15 is 0 Å². The zero-order valence-corrected chi connectivity index (χ0v) is 5.45. The van der Waals surface area contributed by atoms with Crippen molar-refractivity contribution in [3.05, 3.63) is 0 Å². The zero-order chi connectivity index (χ0) is 6.04. The van der Waals surface area contributed by atoms with Gasteiger partial charge in [-0.1, -0.05) is 0 Å². The fourth-order valence-corrected chi connectivity index (χ4v) is 1.84. The lowest BCUT2D eigenvalue weighted by Crippen LogP contribution is -2.33. The first kappa shape index (κ1) is 6.35. The van der Waals surface area contributed by atoms with Crippen LogP contribution in [0.1, 0.15) is 1.43 Å². The van der Waals surface area contributed by atoms with Crippen LogP contribution in [0.3, 0.4) is 0 Å². The van der Waals surface area contributed by atoms with Gasteiger partial charge in [0.25, 0.3) is 0 Å². The highest BCUT2D eigenvalue weighted by molar-refractivity contribution is 8.24. The molecule has 0 atom stereocenters. The molecule has 0 bridgehead atoms. The first-order chi connectivity index (χ1) is 3.71. The molecule has 52 valence electrons. The van der Waals surface area contributed by atoms with Crippen molar-refractivity contribution in [3.8, 4) is 0 Å². The highest BCUT2D eigenvalue weighted by atomic mass is 32.3. The number of nitrogens with one attached hydrogen (secondary N) is 1. The molecular formula is C4H13NO2S. The minimum absolute atomic E-state index is 0. The molecule has 1 aliphatic rings. The fraction of sp³-hybridized carbons (Fsp3) is 1.00. The summed E-state index contributed by atoms with van der Waals surface area (Å²) in [4.78, 5) is 0. The molecule has 0 aromatic rings. The van der Waals surface area contributed by atoms with Gasteiger partial charge < -0.3 is 5.32 Å². The second kappa shape index (κ2) is 2.23. The van der Waals surface area contributed by atoms with Gasteiger partial charge >= 0.3 is 0 Å². The third-order valence-corrected chi connectivity index (χ3v) is 2.93. The highest BCUT2D eigenvalue weighted by Gasteiger charge is 2.14. The van der Waals surface area contributed by atoms with Gasteiger partial charge in [0.15, 0.2) is 0 Å². The molecule has 8 heavy (non-hydrogen) atoms.